The van der Waals surface area contributed by atoms with E-state index in [1.807, 2.05) is 6.92 Å². The molecule has 0 N–H and O–H groups in total. The highest BCUT2D eigenvalue weighted by Crippen LogP contribution is 2.24. The lowest BCUT2D eigenvalue weighted by atomic mass is 10.1. The molecule has 1 heterocycles. The van der Waals surface area contributed by atoms with Crippen molar-refractivity contribution in [3.63, 3.8) is 0 Å². The molecule has 5 heteroatoms. The summed E-state index contributed by atoms with van der Waals surface area (Å²) in [6.07, 6.45) is 0.677. The van der Waals surface area contributed by atoms with Crippen molar-refractivity contribution in [2.75, 3.05) is 0 Å². The van der Waals surface area contributed by atoms with Crippen LogP contribution < -0.4 is 10.4 Å². The first-order valence-electron chi connectivity index (χ1n) is 7.12. The van der Waals surface area contributed by atoms with Gasteiger partial charge in [-0.05, 0) is 36.2 Å². The normalized spacial score (nSPS) is 10.7. The van der Waals surface area contributed by atoms with Gasteiger partial charge in [0.1, 0.15) is 17.1 Å². The number of fused-ring (bicyclic) bond motifs is 1. The van der Waals surface area contributed by atoms with E-state index >= 15 is 0 Å². The Bertz CT molecular complexity index is 943. The molecule has 0 fully saturated rings. The minimum absolute atomic E-state index is 0.156. The van der Waals surface area contributed by atoms with Crippen LogP contribution in [-0.2, 0) is 6.42 Å². The summed E-state index contributed by atoms with van der Waals surface area (Å²) in [5.41, 5.74) is 0.555. The highest BCUT2D eigenvalue weighted by Gasteiger charge is 2.14. The van der Waals surface area contributed by atoms with E-state index in [9.17, 15) is 14.0 Å². The van der Waals surface area contributed by atoms with Crippen molar-refractivity contribution < 1.29 is 18.3 Å². The van der Waals surface area contributed by atoms with Crippen LogP contribution in [0.15, 0.2) is 57.7 Å². The molecule has 0 radical (unpaired) electrons. The molecule has 2 aromatic carbocycles. The zero-order valence-corrected chi connectivity index (χ0v) is 12.3. The number of halogens is 1. The fourth-order valence-electron chi connectivity index (χ4n) is 2.36. The zero-order valence-electron chi connectivity index (χ0n) is 12.3. The lowest BCUT2D eigenvalue weighted by molar-refractivity contribution is 0.0730. The van der Waals surface area contributed by atoms with Gasteiger partial charge in [0.2, 0.25) is 0 Å². The van der Waals surface area contributed by atoms with Crippen LogP contribution in [0, 0.1) is 5.82 Å². The minimum atomic E-state index is -0.809. The number of esters is 1. The summed E-state index contributed by atoms with van der Waals surface area (Å²) in [5, 5.41) is 0.776. The third kappa shape index (κ3) is 2.99. The van der Waals surface area contributed by atoms with Crippen molar-refractivity contribution in [2.24, 2.45) is 0 Å². The van der Waals surface area contributed by atoms with E-state index in [2.05, 4.69) is 0 Å². The smallest absolute Gasteiger partial charge is 0.346 e. The van der Waals surface area contributed by atoms with Crippen molar-refractivity contribution in [2.45, 2.75) is 13.3 Å². The van der Waals surface area contributed by atoms with Crippen LogP contribution in [0.1, 0.15) is 22.8 Å². The van der Waals surface area contributed by atoms with Crippen LogP contribution in [0.4, 0.5) is 4.39 Å². The van der Waals surface area contributed by atoms with E-state index in [0.29, 0.717) is 12.0 Å². The molecule has 3 aromatic rings. The molecule has 0 unspecified atom stereocenters. The molecule has 0 amide bonds. The predicted octanol–water partition coefficient (Wildman–Crippen LogP) is 3.71. The molecule has 0 aliphatic heterocycles. The first kappa shape index (κ1) is 15.0. The maximum atomic E-state index is 13.6. The second kappa shape index (κ2) is 6.04. The predicted molar refractivity (Wildman–Crippen MR) is 83.2 cm³/mol. The van der Waals surface area contributed by atoms with Gasteiger partial charge in [-0.2, -0.15) is 0 Å². The highest BCUT2D eigenvalue weighted by molar-refractivity contribution is 5.92. The second-order valence-corrected chi connectivity index (χ2v) is 4.97. The van der Waals surface area contributed by atoms with Crippen molar-refractivity contribution in [1.82, 2.24) is 0 Å². The lowest BCUT2D eigenvalue weighted by Gasteiger charge is -2.07. The molecule has 23 heavy (non-hydrogen) atoms. The lowest BCUT2D eigenvalue weighted by Crippen LogP contribution is -2.10. The van der Waals surface area contributed by atoms with Gasteiger partial charge >= 0.3 is 11.6 Å². The van der Waals surface area contributed by atoms with E-state index < -0.39 is 17.4 Å². The van der Waals surface area contributed by atoms with Gasteiger partial charge in [0.25, 0.3) is 0 Å². The van der Waals surface area contributed by atoms with Gasteiger partial charge < -0.3 is 9.15 Å². The largest absolute Gasteiger partial charge is 0.423 e. The number of ether oxygens (including phenoxy) is 1. The van der Waals surface area contributed by atoms with Gasteiger partial charge in [-0.25, -0.2) is 14.0 Å². The summed E-state index contributed by atoms with van der Waals surface area (Å²) in [6, 6.07) is 11.7. The van der Waals surface area contributed by atoms with Crippen LogP contribution in [0.2, 0.25) is 0 Å². The van der Waals surface area contributed by atoms with E-state index in [1.165, 1.54) is 30.3 Å². The molecule has 0 saturated carbocycles. The standard InChI is InChI=1S/C18H13FO4/c1-2-11-9-17(20)23-16-10-12(7-8-13(11)16)22-18(21)14-5-3-4-6-15(14)19/h3-10H,2H2,1H3. The number of carbonyl (C=O) groups is 1. The quantitative estimate of drug-likeness (QED) is 0.420. The van der Waals surface area contributed by atoms with Gasteiger partial charge in [0.15, 0.2) is 0 Å². The monoisotopic (exact) mass is 312 g/mol. The Kier molecular flexibility index (Phi) is 3.93. The zero-order chi connectivity index (χ0) is 16.4. The number of aryl methyl sites for hydroxylation is 1. The van der Waals surface area contributed by atoms with Crippen LogP contribution in [0.5, 0.6) is 5.75 Å². The Morgan fingerprint density at radius 2 is 1.96 bits per heavy atom. The minimum Gasteiger partial charge on any atom is -0.423 e. The number of carbonyl (C=O) groups excluding carboxylic acids is 1. The number of hydrogen-bond donors (Lipinski definition) is 0. The van der Waals surface area contributed by atoms with Gasteiger partial charge in [-0.15, -0.1) is 0 Å². The Hall–Kier alpha value is -2.95. The Morgan fingerprint density at radius 1 is 1.17 bits per heavy atom. The van der Waals surface area contributed by atoms with E-state index in [0.717, 1.165) is 10.9 Å². The summed E-state index contributed by atoms with van der Waals surface area (Å²) in [6.45, 7) is 1.93. The summed E-state index contributed by atoms with van der Waals surface area (Å²) >= 11 is 0. The first-order valence-corrected chi connectivity index (χ1v) is 7.12. The Morgan fingerprint density at radius 3 is 2.70 bits per heavy atom. The second-order valence-electron chi connectivity index (χ2n) is 4.97. The molecule has 0 bridgehead atoms. The summed E-state index contributed by atoms with van der Waals surface area (Å²) < 4.78 is 23.9. The molecular weight excluding hydrogens is 299 g/mol. The molecule has 0 aliphatic carbocycles. The molecule has 0 atom stereocenters. The molecule has 0 saturated heterocycles. The topological polar surface area (TPSA) is 56.5 Å². The van der Waals surface area contributed by atoms with Crippen LogP contribution in [-0.4, -0.2) is 5.97 Å². The summed E-state index contributed by atoms with van der Waals surface area (Å²) in [4.78, 5) is 23.5. The number of rotatable bonds is 3. The van der Waals surface area contributed by atoms with Crippen LogP contribution in [0.25, 0.3) is 11.0 Å². The van der Waals surface area contributed by atoms with Crippen molar-refractivity contribution in [1.29, 1.82) is 0 Å². The third-order valence-corrected chi connectivity index (χ3v) is 3.49. The van der Waals surface area contributed by atoms with E-state index in [4.69, 9.17) is 9.15 Å². The number of benzene rings is 2. The van der Waals surface area contributed by atoms with Gasteiger partial charge in [0.05, 0.1) is 5.56 Å². The van der Waals surface area contributed by atoms with E-state index in [-0.39, 0.29) is 11.3 Å². The van der Waals surface area contributed by atoms with Crippen LogP contribution >= 0.6 is 0 Å². The summed E-state index contributed by atoms with van der Waals surface area (Å²) in [7, 11) is 0. The maximum Gasteiger partial charge on any atom is 0.346 e. The molecule has 116 valence electrons. The average Bonchev–Trinajstić information content (AvgIpc) is 2.54. The molecule has 0 spiro atoms. The average molecular weight is 312 g/mol. The van der Waals surface area contributed by atoms with E-state index in [1.54, 1.807) is 18.2 Å². The Labute approximate surface area is 131 Å². The fraction of sp³-hybridized carbons (Fsp3) is 0.111. The van der Waals surface area contributed by atoms with Gasteiger partial charge in [0, 0.05) is 17.5 Å². The fourth-order valence-corrected chi connectivity index (χ4v) is 2.36. The number of hydrogen-bond acceptors (Lipinski definition) is 4. The molecule has 4 nitrogen and oxygen atoms in total. The molecular formula is C18H13FO4. The van der Waals surface area contributed by atoms with Crippen molar-refractivity contribution in [3.05, 3.63) is 75.9 Å². The highest BCUT2D eigenvalue weighted by atomic mass is 19.1. The van der Waals surface area contributed by atoms with Gasteiger partial charge in [-0.1, -0.05) is 19.1 Å². The first-order chi connectivity index (χ1) is 11.1. The molecule has 1 aromatic heterocycles. The molecule has 0 aliphatic rings. The van der Waals surface area contributed by atoms with Crippen molar-refractivity contribution in [3.8, 4) is 5.75 Å². The molecule has 3 rings (SSSR count). The SMILES string of the molecule is CCc1cc(=O)oc2cc(OC(=O)c3ccccc3F)ccc12. The Balaban J connectivity index is 1.97. The summed E-state index contributed by atoms with van der Waals surface area (Å²) in [5.74, 6) is -1.28. The maximum absolute atomic E-state index is 13.6. The third-order valence-electron chi connectivity index (χ3n) is 3.49. The van der Waals surface area contributed by atoms with Crippen LogP contribution in [0.3, 0.4) is 0 Å². The van der Waals surface area contributed by atoms with Crippen molar-refractivity contribution >= 4 is 16.9 Å². The van der Waals surface area contributed by atoms with Gasteiger partial charge in [-0.3, -0.25) is 0 Å².